The monoisotopic (exact) mass is 334 g/mol. The molecule has 1 aromatic heterocycles. The zero-order chi connectivity index (χ0) is 16.3. The highest BCUT2D eigenvalue weighted by Gasteiger charge is 2.34. The van der Waals surface area contributed by atoms with Gasteiger partial charge >= 0.3 is 12.1 Å². The van der Waals surface area contributed by atoms with Crippen molar-refractivity contribution in [2.75, 3.05) is 12.3 Å². The SMILES string of the molecule is O=C(O)[C@H]1CCCN1C(=O)CSc1ccc(C(F)(F)F)cn1. The molecule has 1 aliphatic heterocycles. The van der Waals surface area contributed by atoms with E-state index in [2.05, 4.69) is 4.98 Å². The number of alkyl halides is 3. The lowest BCUT2D eigenvalue weighted by molar-refractivity contribution is -0.147. The van der Waals surface area contributed by atoms with Crippen molar-refractivity contribution in [2.45, 2.75) is 30.1 Å². The van der Waals surface area contributed by atoms with Crippen LogP contribution in [0.1, 0.15) is 18.4 Å². The van der Waals surface area contributed by atoms with E-state index in [1.165, 1.54) is 11.0 Å². The minimum Gasteiger partial charge on any atom is -0.480 e. The Morgan fingerprint density at radius 3 is 2.68 bits per heavy atom. The molecule has 1 atom stereocenters. The van der Waals surface area contributed by atoms with Crippen LogP contribution in [-0.2, 0) is 15.8 Å². The van der Waals surface area contributed by atoms with Gasteiger partial charge in [0, 0.05) is 12.7 Å². The summed E-state index contributed by atoms with van der Waals surface area (Å²) in [7, 11) is 0. The molecular formula is C13H13F3N2O3S. The van der Waals surface area contributed by atoms with Gasteiger partial charge in [0.25, 0.3) is 0 Å². The molecule has 9 heteroatoms. The topological polar surface area (TPSA) is 70.5 Å². The number of nitrogens with zero attached hydrogens (tertiary/aromatic N) is 2. The van der Waals surface area contributed by atoms with E-state index in [1.54, 1.807) is 0 Å². The number of halogens is 3. The van der Waals surface area contributed by atoms with Crippen LogP contribution in [0.2, 0.25) is 0 Å². The average Bonchev–Trinajstić information content (AvgIpc) is 2.94. The quantitative estimate of drug-likeness (QED) is 0.856. The summed E-state index contributed by atoms with van der Waals surface area (Å²) in [6.07, 6.45) is -2.69. The van der Waals surface area contributed by atoms with Crippen molar-refractivity contribution in [1.82, 2.24) is 9.88 Å². The van der Waals surface area contributed by atoms with Crippen LogP contribution in [0, 0.1) is 0 Å². The highest BCUT2D eigenvalue weighted by molar-refractivity contribution is 7.99. The van der Waals surface area contributed by atoms with Crippen LogP contribution in [0.25, 0.3) is 0 Å². The maximum Gasteiger partial charge on any atom is 0.417 e. The predicted octanol–water partition coefficient (Wildman–Crippen LogP) is 2.27. The summed E-state index contributed by atoms with van der Waals surface area (Å²) < 4.78 is 37.2. The second-order valence-corrected chi connectivity index (χ2v) is 5.75. The molecule has 1 aliphatic rings. The molecule has 0 unspecified atom stereocenters. The first-order chi connectivity index (χ1) is 10.3. The highest BCUT2D eigenvalue weighted by atomic mass is 32.2. The minimum absolute atomic E-state index is 0.0534. The molecule has 120 valence electrons. The molecule has 0 bridgehead atoms. The van der Waals surface area contributed by atoms with E-state index in [4.69, 9.17) is 5.11 Å². The summed E-state index contributed by atoms with van der Waals surface area (Å²) in [5.74, 6) is -1.44. The zero-order valence-corrected chi connectivity index (χ0v) is 12.2. The molecule has 0 saturated carbocycles. The van der Waals surface area contributed by atoms with Gasteiger partial charge in [-0.3, -0.25) is 4.79 Å². The summed E-state index contributed by atoms with van der Waals surface area (Å²) in [6.45, 7) is 0.386. The van der Waals surface area contributed by atoms with E-state index < -0.39 is 23.8 Å². The molecule has 0 spiro atoms. The summed E-state index contributed by atoms with van der Waals surface area (Å²) in [5, 5.41) is 9.29. The lowest BCUT2D eigenvalue weighted by atomic mass is 10.2. The molecule has 0 radical (unpaired) electrons. The van der Waals surface area contributed by atoms with Gasteiger partial charge in [-0.25, -0.2) is 9.78 Å². The standard InChI is InChI=1S/C13H13F3N2O3S/c14-13(15,16)8-3-4-10(17-6-8)22-7-11(19)18-5-1-2-9(18)12(20)21/h3-4,6,9H,1-2,5,7H2,(H,20,21)/t9-/m1/s1. The fraction of sp³-hybridized carbons (Fsp3) is 0.462. The largest absolute Gasteiger partial charge is 0.480 e. The van der Waals surface area contributed by atoms with Gasteiger partial charge in [0.2, 0.25) is 5.91 Å². The Labute approximate surface area is 128 Å². The number of carbonyl (C=O) groups is 2. The summed E-state index contributed by atoms with van der Waals surface area (Å²) in [6, 6.07) is 1.28. The maximum absolute atomic E-state index is 12.4. The average molecular weight is 334 g/mol. The number of carboxylic acid groups (broad SMARTS) is 1. The number of hydrogen-bond acceptors (Lipinski definition) is 4. The van der Waals surface area contributed by atoms with Crippen molar-refractivity contribution < 1.29 is 27.9 Å². The predicted molar refractivity (Wildman–Crippen MR) is 72.3 cm³/mol. The number of thioether (sulfide) groups is 1. The number of hydrogen-bond donors (Lipinski definition) is 1. The Morgan fingerprint density at radius 2 is 2.14 bits per heavy atom. The van der Waals surface area contributed by atoms with Gasteiger partial charge in [0.05, 0.1) is 16.3 Å². The molecule has 1 amide bonds. The molecular weight excluding hydrogens is 321 g/mol. The number of carboxylic acids is 1. The molecule has 5 nitrogen and oxygen atoms in total. The van der Waals surface area contributed by atoms with E-state index in [1.807, 2.05) is 0 Å². The molecule has 1 aromatic rings. The molecule has 1 fully saturated rings. The van der Waals surface area contributed by atoms with Crippen molar-refractivity contribution in [3.05, 3.63) is 23.9 Å². The van der Waals surface area contributed by atoms with Crippen LogP contribution < -0.4 is 0 Å². The van der Waals surface area contributed by atoms with E-state index in [-0.39, 0.29) is 16.7 Å². The zero-order valence-electron chi connectivity index (χ0n) is 11.3. The van der Waals surface area contributed by atoms with Crippen molar-refractivity contribution in [1.29, 1.82) is 0 Å². The number of aliphatic carboxylic acids is 1. The molecule has 0 aliphatic carbocycles. The van der Waals surface area contributed by atoms with Crippen molar-refractivity contribution in [3.63, 3.8) is 0 Å². The van der Waals surface area contributed by atoms with Crippen LogP contribution in [0.15, 0.2) is 23.4 Å². The lowest BCUT2D eigenvalue weighted by Gasteiger charge is -2.21. The van der Waals surface area contributed by atoms with Crippen molar-refractivity contribution >= 4 is 23.6 Å². The number of amides is 1. The Hall–Kier alpha value is -1.77. The van der Waals surface area contributed by atoms with Crippen LogP contribution in [0.4, 0.5) is 13.2 Å². The van der Waals surface area contributed by atoms with Gasteiger partial charge in [-0.05, 0) is 25.0 Å². The summed E-state index contributed by atoms with van der Waals surface area (Å²) in [4.78, 5) is 27.9. The first kappa shape index (κ1) is 16.6. The molecule has 0 aromatic carbocycles. The Balaban J connectivity index is 1.92. The lowest BCUT2D eigenvalue weighted by Crippen LogP contribution is -2.41. The maximum atomic E-state index is 12.4. The van der Waals surface area contributed by atoms with Gasteiger partial charge in [-0.2, -0.15) is 13.2 Å². The van der Waals surface area contributed by atoms with Gasteiger partial charge in [-0.15, -0.1) is 0 Å². The van der Waals surface area contributed by atoms with E-state index in [0.29, 0.717) is 25.6 Å². The van der Waals surface area contributed by atoms with Gasteiger partial charge in [0.15, 0.2) is 0 Å². The van der Waals surface area contributed by atoms with Crippen LogP contribution in [-0.4, -0.2) is 45.2 Å². The van der Waals surface area contributed by atoms with E-state index in [0.717, 1.165) is 17.8 Å². The first-order valence-corrected chi connectivity index (χ1v) is 7.46. The first-order valence-electron chi connectivity index (χ1n) is 6.47. The Kier molecular flexibility index (Phi) is 4.94. The van der Waals surface area contributed by atoms with Crippen LogP contribution >= 0.6 is 11.8 Å². The Bertz CT molecular complexity index is 563. The molecule has 2 heterocycles. The third-order valence-corrected chi connectivity index (χ3v) is 4.19. The van der Waals surface area contributed by atoms with Crippen LogP contribution in [0.5, 0.6) is 0 Å². The number of rotatable bonds is 4. The molecule has 2 rings (SSSR count). The van der Waals surface area contributed by atoms with E-state index in [9.17, 15) is 22.8 Å². The van der Waals surface area contributed by atoms with Gasteiger partial charge < -0.3 is 10.0 Å². The number of carbonyl (C=O) groups excluding carboxylic acids is 1. The third-order valence-electron chi connectivity index (χ3n) is 3.27. The minimum atomic E-state index is -4.45. The number of likely N-dealkylation sites (tertiary alicyclic amines) is 1. The number of pyridine rings is 1. The third kappa shape index (κ3) is 3.90. The smallest absolute Gasteiger partial charge is 0.417 e. The Morgan fingerprint density at radius 1 is 1.41 bits per heavy atom. The second-order valence-electron chi connectivity index (χ2n) is 4.75. The summed E-state index contributed by atoms with van der Waals surface area (Å²) in [5.41, 5.74) is -0.853. The fourth-order valence-corrected chi connectivity index (χ4v) is 2.90. The van der Waals surface area contributed by atoms with E-state index >= 15 is 0 Å². The molecule has 22 heavy (non-hydrogen) atoms. The highest BCUT2D eigenvalue weighted by Crippen LogP contribution is 2.29. The van der Waals surface area contributed by atoms with Crippen LogP contribution in [0.3, 0.4) is 0 Å². The number of aromatic nitrogens is 1. The second kappa shape index (κ2) is 6.55. The van der Waals surface area contributed by atoms with Gasteiger partial charge in [-0.1, -0.05) is 11.8 Å². The van der Waals surface area contributed by atoms with Crippen molar-refractivity contribution in [3.8, 4) is 0 Å². The van der Waals surface area contributed by atoms with Gasteiger partial charge in [0.1, 0.15) is 6.04 Å². The normalized spacial score (nSPS) is 18.5. The summed E-state index contributed by atoms with van der Waals surface area (Å²) >= 11 is 0.986. The molecule has 1 N–H and O–H groups in total. The fourth-order valence-electron chi connectivity index (χ4n) is 2.17. The molecule has 1 saturated heterocycles. The van der Waals surface area contributed by atoms with Crippen molar-refractivity contribution in [2.24, 2.45) is 0 Å².